The molecule has 14 heteroatoms. The van der Waals surface area contributed by atoms with Gasteiger partial charge < -0.3 is 20.3 Å². The number of amides is 3. The first-order valence-electron chi connectivity index (χ1n) is 13.6. The number of carbonyl (C=O) groups excluding carboxylic acids is 2. The maximum absolute atomic E-state index is 14.1. The molecule has 0 radical (unpaired) electrons. The number of rotatable bonds is 5. The van der Waals surface area contributed by atoms with Crippen molar-refractivity contribution in [2.45, 2.75) is 45.1 Å². The van der Waals surface area contributed by atoms with Crippen molar-refractivity contribution >= 4 is 17.9 Å². The molecule has 222 valence electrons. The summed E-state index contributed by atoms with van der Waals surface area (Å²) in [5, 5.41) is 8.56. The zero-order chi connectivity index (χ0) is 29.5. The van der Waals surface area contributed by atoms with E-state index < -0.39 is 35.2 Å². The molecule has 2 aromatic rings. The molecule has 11 nitrogen and oxygen atoms in total. The predicted molar refractivity (Wildman–Crippen MR) is 144 cm³/mol. The van der Waals surface area contributed by atoms with Gasteiger partial charge in [0.2, 0.25) is 0 Å². The number of likely N-dealkylation sites (tertiary alicyclic amines) is 1. The highest BCUT2D eigenvalue weighted by molar-refractivity contribution is 5.88. The molecule has 1 aliphatic carbocycles. The van der Waals surface area contributed by atoms with Crippen molar-refractivity contribution in [1.82, 2.24) is 30.0 Å². The Labute approximate surface area is 235 Å². The molecule has 5 rings (SSSR count). The van der Waals surface area contributed by atoms with E-state index in [-0.39, 0.29) is 41.5 Å². The second-order valence-electron chi connectivity index (χ2n) is 11.7. The molecule has 3 N–H and O–H groups in total. The van der Waals surface area contributed by atoms with Gasteiger partial charge in [0, 0.05) is 58.1 Å². The maximum Gasteiger partial charge on any atom is 0.416 e. The van der Waals surface area contributed by atoms with Gasteiger partial charge in [-0.15, -0.1) is 0 Å². The van der Waals surface area contributed by atoms with E-state index in [1.54, 1.807) is 25.7 Å². The number of fused-ring (bicyclic) bond motifs is 1. The van der Waals surface area contributed by atoms with Crippen molar-refractivity contribution in [3.8, 4) is 5.69 Å². The smallest absolute Gasteiger partial charge is 0.416 e. The largest absolute Gasteiger partial charge is 0.444 e. The first kappa shape index (κ1) is 28.9. The molecule has 2 atom stereocenters. The lowest BCUT2D eigenvalue weighted by Gasteiger charge is -2.27. The van der Waals surface area contributed by atoms with Gasteiger partial charge in [-0.1, -0.05) is 6.07 Å². The zero-order valence-electron chi connectivity index (χ0n) is 23.1. The average molecular weight is 578 g/mol. The molecule has 41 heavy (non-hydrogen) atoms. The highest BCUT2D eigenvalue weighted by Crippen LogP contribution is 2.46. The summed E-state index contributed by atoms with van der Waals surface area (Å²) in [5.41, 5.74) is -2.14. The number of ether oxygens (including phenoxy) is 1. The SMILES string of the molecule is CC(C)(C)OC(=O)NC1C2CN(Cc3ccc(-n4ccc(NC(=O)N5CCNCC5)nc4=O)cc3C(F)(F)F)CC21. The van der Waals surface area contributed by atoms with E-state index in [1.165, 1.54) is 24.4 Å². The normalized spacial score (nSPS) is 22.7. The molecule has 3 amide bonds. The van der Waals surface area contributed by atoms with Gasteiger partial charge in [-0.3, -0.25) is 14.8 Å². The topological polar surface area (TPSA) is 121 Å². The van der Waals surface area contributed by atoms with Gasteiger partial charge in [-0.25, -0.2) is 14.4 Å². The highest BCUT2D eigenvalue weighted by Gasteiger charge is 2.56. The number of piperidine rings is 1. The molecule has 2 unspecified atom stereocenters. The number of anilines is 1. The lowest BCUT2D eigenvalue weighted by Crippen LogP contribution is -2.48. The van der Waals surface area contributed by atoms with E-state index in [9.17, 15) is 27.6 Å². The lowest BCUT2D eigenvalue weighted by atomic mass is 10.0. The number of alkyl halides is 3. The van der Waals surface area contributed by atoms with Crippen LogP contribution in [0.5, 0.6) is 0 Å². The monoisotopic (exact) mass is 577 g/mol. The van der Waals surface area contributed by atoms with Crippen LogP contribution in [0.25, 0.3) is 5.69 Å². The van der Waals surface area contributed by atoms with E-state index in [2.05, 4.69) is 20.9 Å². The van der Waals surface area contributed by atoms with Crippen LogP contribution in [0, 0.1) is 11.8 Å². The molecule has 1 aromatic heterocycles. The van der Waals surface area contributed by atoms with Crippen molar-refractivity contribution in [1.29, 1.82) is 0 Å². The van der Waals surface area contributed by atoms with E-state index in [0.717, 1.165) is 10.6 Å². The molecular weight excluding hydrogens is 543 g/mol. The molecule has 1 saturated carbocycles. The van der Waals surface area contributed by atoms with Crippen LogP contribution in [0.4, 0.5) is 28.6 Å². The Bertz CT molecular complexity index is 1360. The minimum Gasteiger partial charge on any atom is -0.444 e. The summed E-state index contributed by atoms with van der Waals surface area (Å²) in [6.07, 6.45) is -3.83. The second kappa shape index (κ2) is 11.0. The maximum atomic E-state index is 14.1. The second-order valence-corrected chi connectivity index (χ2v) is 11.7. The van der Waals surface area contributed by atoms with Gasteiger partial charge in [0.15, 0.2) is 0 Å². The van der Waals surface area contributed by atoms with Crippen molar-refractivity contribution < 1.29 is 27.5 Å². The third-order valence-corrected chi connectivity index (χ3v) is 7.47. The molecule has 1 aromatic carbocycles. The standard InChI is InChI=1S/C27H34F3N7O4/c1-26(2,3)41-25(40)34-22-18-14-35(15-19(18)22)13-16-4-5-17(12-20(16)27(28,29)30)37-9-6-21(33-24(37)39)32-23(38)36-10-7-31-8-11-36/h4-6,9,12,18-19,22,31H,7-8,10-11,13-15H2,1-3H3,(H,34,40)(H,32,33,38,39). The Balaban J connectivity index is 1.24. The highest BCUT2D eigenvalue weighted by atomic mass is 19.4. The Kier molecular flexibility index (Phi) is 7.72. The molecule has 3 heterocycles. The summed E-state index contributed by atoms with van der Waals surface area (Å²) >= 11 is 0. The number of urea groups is 1. The van der Waals surface area contributed by atoms with Crippen LogP contribution in [0.3, 0.4) is 0 Å². The summed E-state index contributed by atoms with van der Waals surface area (Å²) < 4.78 is 48.6. The number of nitrogens with zero attached hydrogens (tertiary/aromatic N) is 4. The molecule has 3 aliphatic rings. The van der Waals surface area contributed by atoms with Crippen molar-refractivity contribution in [3.05, 3.63) is 52.1 Å². The van der Waals surface area contributed by atoms with Crippen molar-refractivity contribution in [2.24, 2.45) is 11.8 Å². The summed E-state index contributed by atoms with van der Waals surface area (Å²) in [5.74, 6) is 0.368. The molecule has 0 spiro atoms. The Hall–Kier alpha value is -3.65. The van der Waals surface area contributed by atoms with Crippen LogP contribution in [0.15, 0.2) is 35.3 Å². The molecule has 2 saturated heterocycles. The van der Waals surface area contributed by atoms with E-state index in [0.29, 0.717) is 39.3 Å². The number of hydrogen-bond donors (Lipinski definition) is 3. The minimum atomic E-state index is -4.64. The van der Waals surface area contributed by atoms with E-state index >= 15 is 0 Å². The van der Waals surface area contributed by atoms with Crippen molar-refractivity contribution in [2.75, 3.05) is 44.6 Å². The molecule has 3 fully saturated rings. The number of carbonyl (C=O) groups is 2. The Morgan fingerprint density at radius 1 is 1.10 bits per heavy atom. The summed E-state index contributed by atoms with van der Waals surface area (Å²) in [7, 11) is 0. The minimum absolute atomic E-state index is 0.0180. The number of hydrogen-bond acceptors (Lipinski definition) is 7. The summed E-state index contributed by atoms with van der Waals surface area (Å²) in [6, 6.07) is 4.73. The van der Waals surface area contributed by atoms with E-state index in [1.807, 2.05) is 4.90 Å². The lowest BCUT2D eigenvalue weighted by molar-refractivity contribution is -0.138. The fourth-order valence-electron chi connectivity index (χ4n) is 5.48. The van der Waals surface area contributed by atoms with Crippen LogP contribution >= 0.6 is 0 Å². The van der Waals surface area contributed by atoms with E-state index in [4.69, 9.17) is 4.74 Å². The van der Waals surface area contributed by atoms with Gasteiger partial charge in [0.05, 0.1) is 11.3 Å². The van der Waals surface area contributed by atoms with Crippen LogP contribution in [0.1, 0.15) is 31.9 Å². The number of aromatic nitrogens is 2. The van der Waals surface area contributed by atoms with Gasteiger partial charge in [0.25, 0.3) is 0 Å². The van der Waals surface area contributed by atoms with Crippen LogP contribution in [-0.2, 0) is 17.5 Å². The third-order valence-electron chi connectivity index (χ3n) is 7.47. The van der Waals surface area contributed by atoms with Gasteiger partial charge in [0.1, 0.15) is 11.4 Å². The number of piperazine rings is 1. The predicted octanol–water partition coefficient (Wildman–Crippen LogP) is 2.64. The average Bonchev–Trinajstić information content (AvgIpc) is 3.31. The van der Waals surface area contributed by atoms with Crippen LogP contribution in [-0.4, -0.2) is 82.4 Å². The first-order valence-corrected chi connectivity index (χ1v) is 13.6. The zero-order valence-corrected chi connectivity index (χ0v) is 23.1. The summed E-state index contributed by atoms with van der Waals surface area (Å²) in [6.45, 7) is 8.90. The third kappa shape index (κ3) is 6.81. The molecule has 2 aliphatic heterocycles. The fourth-order valence-corrected chi connectivity index (χ4v) is 5.48. The van der Waals surface area contributed by atoms with Crippen LogP contribution < -0.4 is 21.6 Å². The van der Waals surface area contributed by atoms with Gasteiger partial charge >= 0.3 is 24.0 Å². The van der Waals surface area contributed by atoms with Crippen molar-refractivity contribution in [3.63, 3.8) is 0 Å². The summed E-state index contributed by atoms with van der Waals surface area (Å²) in [4.78, 5) is 44.5. The Morgan fingerprint density at radius 2 is 1.78 bits per heavy atom. The Morgan fingerprint density at radius 3 is 2.39 bits per heavy atom. The number of benzene rings is 1. The molecule has 0 bridgehead atoms. The van der Waals surface area contributed by atoms with Crippen LogP contribution in [0.2, 0.25) is 0 Å². The quantitative estimate of drug-likeness (QED) is 0.500. The number of halogens is 3. The first-order chi connectivity index (χ1) is 19.3. The number of alkyl carbamates (subject to hydrolysis) is 1. The van der Waals surface area contributed by atoms with Gasteiger partial charge in [-0.05, 0) is 56.4 Å². The molecular formula is C27H34F3N7O4. The van der Waals surface area contributed by atoms with Gasteiger partial charge in [-0.2, -0.15) is 18.2 Å². The number of nitrogens with one attached hydrogen (secondary N) is 3. The fraction of sp³-hybridized carbons (Fsp3) is 0.556.